The third kappa shape index (κ3) is 3.18. The molecule has 2 aromatic carbocycles. The fourth-order valence-corrected chi connectivity index (χ4v) is 3.29. The van der Waals surface area contributed by atoms with Crippen LogP contribution < -0.4 is 10.5 Å². The van der Waals surface area contributed by atoms with E-state index in [4.69, 9.17) is 5.73 Å². The van der Waals surface area contributed by atoms with Crippen LogP contribution in [0, 0.1) is 13.8 Å². The summed E-state index contributed by atoms with van der Waals surface area (Å²) >= 11 is 0. The van der Waals surface area contributed by atoms with Crippen molar-refractivity contribution in [2.75, 3.05) is 5.73 Å². The molecule has 0 bridgehead atoms. The first-order valence-electron chi connectivity index (χ1n) is 6.30. The van der Waals surface area contributed by atoms with Crippen LogP contribution in [0.25, 0.3) is 0 Å². The van der Waals surface area contributed by atoms with Crippen molar-refractivity contribution in [1.29, 1.82) is 0 Å². The summed E-state index contributed by atoms with van der Waals surface area (Å²) in [5.74, 6) is 0. The number of hydrogen-bond acceptors (Lipinski definition) is 3. The van der Waals surface area contributed by atoms with Gasteiger partial charge in [-0.3, -0.25) is 0 Å². The molecule has 2 rings (SSSR count). The van der Waals surface area contributed by atoms with Crippen LogP contribution in [0.15, 0.2) is 47.4 Å². The van der Waals surface area contributed by atoms with E-state index in [9.17, 15) is 8.42 Å². The highest BCUT2D eigenvalue weighted by Gasteiger charge is 2.17. The molecule has 0 saturated heterocycles. The zero-order valence-corrected chi connectivity index (χ0v) is 12.4. The van der Waals surface area contributed by atoms with Gasteiger partial charge in [-0.25, -0.2) is 13.1 Å². The van der Waals surface area contributed by atoms with E-state index >= 15 is 0 Å². The smallest absolute Gasteiger partial charge is 0.241 e. The Morgan fingerprint density at radius 1 is 1.10 bits per heavy atom. The topological polar surface area (TPSA) is 72.2 Å². The molecule has 5 heteroatoms. The van der Waals surface area contributed by atoms with Gasteiger partial charge in [0.1, 0.15) is 0 Å². The lowest BCUT2D eigenvalue weighted by Crippen LogP contribution is -2.24. The lowest BCUT2D eigenvalue weighted by molar-refractivity contribution is 0.580. The van der Waals surface area contributed by atoms with Crippen LogP contribution in [0.5, 0.6) is 0 Å². The monoisotopic (exact) mass is 290 g/mol. The summed E-state index contributed by atoms with van der Waals surface area (Å²) in [6.45, 7) is 3.94. The minimum absolute atomic E-state index is 0.227. The van der Waals surface area contributed by atoms with Crippen molar-refractivity contribution in [1.82, 2.24) is 4.72 Å². The van der Waals surface area contributed by atoms with Crippen molar-refractivity contribution in [3.05, 3.63) is 59.2 Å². The van der Waals surface area contributed by atoms with Gasteiger partial charge in [-0.2, -0.15) is 0 Å². The predicted molar refractivity (Wildman–Crippen MR) is 80.8 cm³/mol. The maximum atomic E-state index is 12.3. The van der Waals surface area contributed by atoms with E-state index in [1.54, 1.807) is 25.1 Å². The van der Waals surface area contributed by atoms with Crippen molar-refractivity contribution in [2.24, 2.45) is 0 Å². The molecule has 106 valence electrons. The first-order valence-corrected chi connectivity index (χ1v) is 7.79. The molecule has 0 atom stereocenters. The molecule has 0 unspecified atom stereocenters. The average Bonchev–Trinajstić information content (AvgIpc) is 2.40. The first-order chi connectivity index (χ1) is 9.40. The normalized spacial score (nSPS) is 11.5. The van der Waals surface area contributed by atoms with Gasteiger partial charge in [-0.1, -0.05) is 35.9 Å². The first kappa shape index (κ1) is 14.6. The van der Waals surface area contributed by atoms with Crippen molar-refractivity contribution < 1.29 is 8.42 Å². The molecule has 0 aliphatic carbocycles. The number of anilines is 1. The highest BCUT2D eigenvalue weighted by molar-refractivity contribution is 7.89. The van der Waals surface area contributed by atoms with Crippen molar-refractivity contribution in [3.63, 3.8) is 0 Å². The summed E-state index contributed by atoms with van der Waals surface area (Å²) < 4.78 is 27.2. The second kappa shape index (κ2) is 5.64. The molecule has 0 aliphatic rings. The number of nitrogens with two attached hydrogens (primary N) is 1. The molecule has 3 N–H and O–H groups in total. The summed E-state index contributed by atoms with van der Waals surface area (Å²) in [7, 11) is -3.55. The van der Waals surface area contributed by atoms with E-state index in [0.717, 1.165) is 11.1 Å². The standard InChI is InChI=1S/C15H18N2O2S/c1-11-5-3-6-13(9-11)10-17-20(18,19)15-8-4-7-14(16)12(15)2/h3-9,17H,10,16H2,1-2H3. The Labute approximate surface area is 119 Å². The summed E-state index contributed by atoms with van der Waals surface area (Å²) in [5.41, 5.74) is 8.83. The van der Waals surface area contributed by atoms with Crippen LogP contribution in [0.2, 0.25) is 0 Å². The predicted octanol–water partition coefficient (Wildman–Crippen LogP) is 2.36. The zero-order chi connectivity index (χ0) is 14.8. The molecule has 0 spiro atoms. The molecule has 2 aromatic rings. The summed E-state index contributed by atoms with van der Waals surface area (Å²) in [6, 6.07) is 12.6. The highest BCUT2D eigenvalue weighted by Crippen LogP contribution is 2.20. The van der Waals surface area contributed by atoms with Gasteiger partial charge in [0.25, 0.3) is 0 Å². The molecule has 0 amide bonds. The third-order valence-corrected chi connectivity index (χ3v) is 4.71. The molecule has 0 saturated carbocycles. The molecule has 0 heterocycles. The number of hydrogen-bond donors (Lipinski definition) is 2. The van der Waals surface area contributed by atoms with Crippen LogP contribution in [0.3, 0.4) is 0 Å². The van der Waals surface area contributed by atoms with Crippen LogP contribution >= 0.6 is 0 Å². The summed E-state index contributed by atoms with van der Waals surface area (Å²) in [4.78, 5) is 0.227. The van der Waals surface area contributed by atoms with Gasteiger partial charge in [-0.05, 0) is 37.1 Å². The molecule has 0 radical (unpaired) electrons. The molecule has 4 nitrogen and oxygen atoms in total. The lowest BCUT2D eigenvalue weighted by Gasteiger charge is -2.11. The van der Waals surface area contributed by atoms with Gasteiger partial charge in [0.05, 0.1) is 4.90 Å². The Balaban J connectivity index is 2.22. The van der Waals surface area contributed by atoms with E-state index in [0.29, 0.717) is 11.3 Å². The highest BCUT2D eigenvalue weighted by atomic mass is 32.2. The van der Waals surface area contributed by atoms with Crippen LogP contribution in [-0.4, -0.2) is 8.42 Å². The third-order valence-electron chi connectivity index (χ3n) is 3.16. The van der Waals surface area contributed by atoms with Gasteiger partial charge < -0.3 is 5.73 Å². The molecule has 0 aromatic heterocycles. The number of nitrogen functional groups attached to an aromatic ring is 1. The van der Waals surface area contributed by atoms with Crippen LogP contribution in [-0.2, 0) is 16.6 Å². The Kier molecular flexibility index (Phi) is 4.11. The number of rotatable bonds is 4. The lowest BCUT2D eigenvalue weighted by atomic mass is 10.1. The fourth-order valence-electron chi connectivity index (χ4n) is 2.00. The number of benzene rings is 2. The maximum absolute atomic E-state index is 12.3. The SMILES string of the molecule is Cc1cccc(CNS(=O)(=O)c2cccc(N)c2C)c1. The van der Waals surface area contributed by atoms with Crippen molar-refractivity contribution in [3.8, 4) is 0 Å². The van der Waals surface area contributed by atoms with Crippen LogP contribution in [0.1, 0.15) is 16.7 Å². The number of nitrogens with one attached hydrogen (secondary N) is 1. The molecular formula is C15H18N2O2S. The summed E-state index contributed by atoms with van der Waals surface area (Å²) in [6.07, 6.45) is 0. The Morgan fingerprint density at radius 3 is 2.50 bits per heavy atom. The van der Waals surface area contributed by atoms with Crippen molar-refractivity contribution >= 4 is 15.7 Å². The second-order valence-electron chi connectivity index (χ2n) is 4.78. The second-order valence-corrected chi connectivity index (χ2v) is 6.52. The van der Waals surface area contributed by atoms with E-state index < -0.39 is 10.0 Å². The van der Waals surface area contributed by atoms with Gasteiger partial charge in [0.15, 0.2) is 0 Å². The van der Waals surface area contributed by atoms with E-state index in [1.807, 2.05) is 31.2 Å². The van der Waals surface area contributed by atoms with E-state index in [1.165, 1.54) is 0 Å². The Bertz CT molecular complexity index is 724. The van der Waals surface area contributed by atoms with Gasteiger partial charge >= 0.3 is 0 Å². The quantitative estimate of drug-likeness (QED) is 0.849. The fraction of sp³-hybridized carbons (Fsp3) is 0.200. The maximum Gasteiger partial charge on any atom is 0.241 e. The largest absolute Gasteiger partial charge is 0.398 e. The minimum atomic E-state index is -3.55. The van der Waals surface area contributed by atoms with Gasteiger partial charge in [0.2, 0.25) is 10.0 Å². The molecular weight excluding hydrogens is 272 g/mol. The van der Waals surface area contributed by atoms with E-state index in [2.05, 4.69) is 4.72 Å². The van der Waals surface area contributed by atoms with E-state index in [-0.39, 0.29) is 11.4 Å². The minimum Gasteiger partial charge on any atom is -0.398 e. The zero-order valence-electron chi connectivity index (χ0n) is 11.6. The Morgan fingerprint density at radius 2 is 1.80 bits per heavy atom. The van der Waals surface area contributed by atoms with Gasteiger partial charge in [0, 0.05) is 12.2 Å². The molecule has 0 fully saturated rings. The molecule has 20 heavy (non-hydrogen) atoms. The summed E-state index contributed by atoms with van der Waals surface area (Å²) in [5, 5.41) is 0. The number of sulfonamides is 1. The van der Waals surface area contributed by atoms with Crippen molar-refractivity contribution in [2.45, 2.75) is 25.3 Å². The Hall–Kier alpha value is -1.85. The average molecular weight is 290 g/mol. The van der Waals surface area contributed by atoms with Crippen LogP contribution in [0.4, 0.5) is 5.69 Å². The number of aryl methyl sites for hydroxylation is 1. The molecule has 0 aliphatic heterocycles. The van der Waals surface area contributed by atoms with Gasteiger partial charge in [-0.15, -0.1) is 0 Å².